The lowest BCUT2D eigenvalue weighted by atomic mass is 9.77. The van der Waals surface area contributed by atoms with Crippen LogP contribution in [0.3, 0.4) is 0 Å². The van der Waals surface area contributed by atoms with E-state index in [1.165, 1.54) is 76.3 Å². The quantitative estimate of drug-likeness (QED) is 0.482. The molecule has 26 heavy (non-hydrogen) atoms. The zero-order chi connectivity index (χ0) is 18.2. The second kappa shape index (κ2) is 10.4. The van der Waals surface area contributed by atoms with Gasteiger partial charge in [0.15, 0.2) is 6.29 Å². The highest BCUT2D eigenvalue weighted by atomic mass is 19.1. The fourth-order valence-corrected chi connectivity index (χ4v) is 4.49. The van der Waals surface area contributed by atoms with Crippen molar-refractivity contribution in [3.8, 4) is 0 Å². The molecule has 0 spiro atoms. The molecule has 3 heteroatoms. The lowest BCUT2D eigenvalue weighted by Gasteiger charge is -2.32. The van der Waals surface area contributed by atoms with Gasteiger partial charge in [-0.25, -0.2) is 4.39 Å². The molecule has 0 amide bonds. The van der Waals surface area contributed by atoms with E-state index < -0.39 is 0 Å². The molecule has 2 nitrogen and oxygen atoms in total. The lowest BCUT2D eigenvalue weighted by molar-refractivity contribution is -0.206. The fourth-order valence-electron chi connectivity index (χ4n) is 4.49. The Morgan fingerprint density at radius 1 is 0.808 bits per heavy atom. The molecule has 0 N–H and O–H groups in total. The number of ether oxygens (including phenoxy) is 2. The van der Waals surface area contributed by atoms with Crippen LogP contribution in [-0.2, 0) is 9.47 Å². The zero-order valence-corrected chi connectivity index (χ0v) is 16.3. The summed E-state index contributed by atoms with van der Waals surface area (Å²) in [7, 11) is 0. The molecule has 2 fully saturated rings. The van der Waals surface area contributed by atoms with Crippen LogP contribution in [0.2, 0.25) is 0 Å². The first-order chi connectivity index (χ1) is 12.7. The van der Waals surface area contributed by atoms with Crippen molar-refractivity contribution in [2.24, 2.45) is 17.8 Å². The van der Waals surface area contributed by atoms with Crippen molar-refractivity contribution in [2.45, 2.75) is 77.4 Å². The summed E-state index contributed by atoms with van der Waals surface area (Å²) in [5.41, 5.74) is 0.909. The molecule has 0 unspecified atom stereocenters. The van der Waals surface area contributed by atoms with Gasteiger partial charge >= 0.3 is 0 Å². The van der Waals surface area contributed by atoms with Crippen LogP contribution < -0.4 is 0 Å². The number of rotatable bonds is 8. The van der Waals surface area contributed by atoms with Crippen molar-refractivity contribution in [3.63, 3.8) is 0 Å². The maximum atomic E-state index is 13.0. The van der Waals surface area contributed by atoms with Gasteiger partial charge in [0.2, 0.25) is 0 Å². The van der Waals surface area contributed by atoms with E-state index in [9.17, 15) is 4.39 Å². The molecule has 3 rings (SSSR count). The SMILES string of the molecule is CCCCC[C@H]1CC[C@H](CC[C@H]2CO[C@H](c3ccc(F)cc3)OC2)CC1. The Morgan fingerprint density at radius 3 is 2.00 bits per heavy atom. The summed E-state index contributed by atoms with van der Waals surface area (Å²) in [6.07, 6.45) is 13.5. The number of hydrogen-bond acceptors (Lipinski definition) is 2. The van der Waals surface area contributed by atoms with Crippen molar-refractivity contribution in [1.82, 2.24) is 0 Å². The first-order valence-corrected chi connectivity index (χ1v) is 10.7. The normalized spacial score (nSPS) is 29.6. The Balaban J connectivity index is 1.30. The summed E-state index contributed by atoms with van der Waals surface area (Å²) >= 11 is 0. The molecule has 0 radical (unpaired) electrons. The molecule has 1 heterocycles. The highest BCUT2D eigenvalue weighted by Gasteiger charge is 2.26. The molecule has 0 aromatic heterocycles. The summed E-state index contributed by atoms with van der Waals surface area (Å²) in [6.45, 7) is 3.81. The first-order valence-electron chi connectivity index (χ1n) is 10.7. The van der Waals surface area contributed by atoms with Crippen LogP contribution >= 0.6 is 0 Å². The predicted molar refractivity (Wildman–Crippen MR) is 103 cm³/mol. The van der Waals surface area contributed by atoms with Crippen molar-refractivity contribution < 1.29 is 13.9 Å². The van der Waals surface area contributed by atoms with Gasteiger partial charge < -0.3 is 9.47 Å². The van der Waals surface area contributed by atoms with Gasteiger partial charge in [0.25, 0.3) is 0 Å². The number of hydrogen-bond donors (Lipinski definition) is 0. The Morgan fingerprint density at radius 2 is 1.38 bits per heavy atom. The minimum Gasteiger partial charge on any atom is -0.348 e. The van der Waals surface area contributed by atoms with Crippen LogP contribution in [0.1, 0.15) is 83.0 Å². The van der Waals surface area contributed by atoms with Crippen molar-refractivity contribution >= 4 is 0 Å². The minimum atomic E-state index is -0.328. The van der Waals surface area contributed by atoms with Crippen molar-refractivity contribution in [3.05, 3.63) is 35.6 Å². The topological polar surface area (TPSA) is 18.5 Å². The third-order valence-corrected chi connectivity index (χ3v) is 6.27. The average molecular weight is 363 g/mol. The van der Waals surface area contributed by atoms with E-state index in [-0.39, 0.29) is 12.1 Å². The van der Waals surface area contributed by atoms with E-state index in [2.05, 4.69) is 6.92 Å². The largest absolute Gasteiger partial charge is 0.348 e. The van der Waals surface area contributed by atoms with Crippen molar-refractivity contribution in [2.75, 3.05) is 13.2 Å². The zero-order valence-electron chi connectivity index (χ0n) is 16.3. The maximum Gasteiger partial charge on any atom is 0.183 e. The summed E-state index contributed by atoms with van der Waals surface area (Å²) in [6, 6.07) is 6.43. The molecule has 1 aliphatic heterocycles. The minimum absolute atomic E-state index is 0.220. The number of benzene rings is 1. The molecular weight excluding hydrogens is 327 g/mol. The molecule has 1 aromatic rings. The maximum absolute atomic E-state index is 13.0. The van der Waals surface area contributed by atoms with Crippen LogP contribution in [0.4, 0.5) is 4.39 Å². The fraction of sp³-hybridized carbons (Fsp3) is 0.739. The Bertz CT molecular complexity index is 499. The second-order valence-electron chi connectivity index (χ2n) is 8.38. The summed E-state index contributed by atoms with van der Waals surface area (Å²) in [5, 5.41) is 0. The van der Waals surface area contributed by atoms with Gasteiger partial charge in [-0.3, -0.25) is 0 Å². The van der Waals surface area contributed by atoms with Crippen molar-refractivity contribution in [1.29, 1.82) is 0 Å². The molecule has 1 saturated carbocycles. The Labute approximate surface area is 158 Å². The third-order valence-electron chi connectivity index (χ3n) is 6.27. The molecule has 1 aromatic carbocycles. The smallest absolute Gasteiger partial charge is 0.183 e. The molecule has 1 saturated heterocycles. The van der Waals surface area contributed by atoms with E-state index in [1.807, 2.05) is 0 Å². The van der Waals surface area contributed by atoms with Crippen LogP contribution in [0.15, 0.2) is 24.3 Å². The van der Waals surface area contributed by atoms with Gasteiger partial charge in [-0.15, -0.1) is 0 Å². The van der Waals surface area contributed by atoms with Gasteiger partial charge in [0.05, 0.1) is 13.2 Å². The summed E-state index contributed by atoms with van der Waals surface area (Å²) in [4.78, 5) is 0. The van der Waals surface area contributed by atoms with Gasteiger partial charge in [-0.2, -0.15) is 0 Å². The molecule has 2 aliphatic rings. The van der Waals surface area contributed by atoms with Crippen LogP contribution in [0.5, 0.6) is 0 Å². The summed E-state index contributed by atoms with van der Waals surface area (Å²) < 4.78 is 24.8. The van der Waals surface area contributed by atoms with E-state index in [0.29, 0.717) is 5.92 Å². The standard InChI is InChI=1S/C23H35FO2/c1-2-3-4-5-18-6-8-19(9-7-18)10-11-20-16-25-23(26-17-20)21-12-14-22(24)15-13-21/h12-15,18-20,23H,2-11,16-17H2,1H3/t18-,19-,20-,23-. The van der Waals surface area contributed by atoms with Gasteiger partial charge in [0.1, 0.15) is 5.82 Å². The lowest BCUT2D eigenvalue weighted by Crippen LogP contribution is -2.28. The Hall–Kier alpha value is -0.930. The number of unbranched alkanes of at least 4 members (excludes halogenated alkanes) is 2. The van der Waals surface area contributed by atoms with E-state index in [1.54, 1.807) is 12.1 Å². The molecular formula is C23H35FO2. The molecule has 1 aliphatic carbocycles. The molecule has 146 valence electrons. The van der Waals surface area contributed by atoms with Crippen LogP contribution in [-0.4, -0.2) is 13.2 Å². The highest BCUT2D eigenvalue weighted by Crippen LogP contribution is 2.36. The van der Waals surface area contributed by atoms with E-state index >= 15 is 0 Å². The van der Waals surface area contributed by atoms with E-state index in [4.69, 9.17) is 9.47 Å². The molecule has 0 atom stereocenters. The van der Waals surface area contributed by atoms with Crippen LogP contribution in [0, 0.1) is 23.6 Å². The van der Waals surface area contributed by atoms with Gasteiger partial charge in [-0.1, -0.05) is 76.8 Å². The van der Waals surface area contributed by atoms with E-state index in [0.717, 1.165) is 30.6 Å². The monoisotopic (exact) mass is 362 g/mol. The first kappa shape index (κ1) is 19.8. The van der Waals surface area contributed by atoms with Gasteiger partial charge in [0, 0.05) is 11.5 Å². The second-order valence-corrected chi connectivity index (χ2v) is 8.38. The number of halogens is 1. The highest BCUT2D eigenvalue weighted by molar-refractivity contribution is 5.17. The predicted octanol–water partition coefficient (Wildman–Crippen LogP) is 6.65. The molecule has 0 bridgehead atoms. The summed E-state index contributed by atoms with van der Waals surface area (Å²) in [5.74, 6) is 2.19. The van der Waals surface area contributed by atoms with Crippen LogP contribution in [0.25, 0.3) is 0 Å². The third kappa shape index (κ3) is 6.06. The Kier molecular flexibility index (Phi) is 7.94. The average Bonchev–Trinajstić information content (AvgIpc) is 2.69. The van der Waals surface area contributed by atoms with Gasteiger partial charge in [-0.05, 0) is 30.4 Å².